The summed E-state index contributed by atoms with van der Waals surface area (Å²) in [6, 6.07) is 5.80. The van der Waals surface area contributed by atoms with E-state index in [0.717, 1.165) is 43.3 Å². The Bertz CT molecular complexity index is 892. The Morgan fingerprint density at radius 3 is 3.00 bits per heavy atom. The zero-order chi connectivity index (χ0) is 18.7. The van der Waals surface area contributed by atoms with E-state index in [0.29, 0.717) is 18.1 Å². The Balaban J connectivity index is 1.54. The Labute approximate surface area is 158 Å². The molecule has 144 valence electrons. The van der Waals surface area contributed by atoms with Gasteiger partial charge in [-0.3, -0.25) is 9.69 Å². The van der Waals surface area contributed by atoms with Crippen LogP contribution >= 0.6 is 0 Å². The molecule has 3 heterocycles. The molecule has 5 rings (SSSR count). The summed E-state index contributed by atoms with van der Waals surface area (Å²) < 4.78 is 5.02. The molecule has 0 radical (unpaired) electrons. The van der Waals surface area contributed by atoms with E-state index in [1.54, 1.807) is 6.07 Å². The predicted molar refractivity (Wildman–Crippen MR) is 100 cm³/mol. The second kappa shape index (κ2) is 6.24. The molecule has 0 bridgehead atoms. The summed E-state index contributed by atoms with van der Waals surface area (Å²) >= 11 is 0. The number of hydrogen-bond donors (Lipinski definition) is 3. The average molecular weight is 370 g/mol. The van der Waals surface area contributed by atoms with E-state index in [2.05, 4.69) is 9.88 Å². The zero-order valence-corrected chi connectivity index (χ0v) is 15.5. The highest BCUT2D eigenvalue weighted by Gasteiger charge is 2.49. The number of aromatic nitrogens is 1. The molecule has 1 aromatic carbocycles. The first kappa shape index (κ1) is 17.1. The molecule has 0 unspecified atom stereocenters. The fourth-order valence-corrected chi connectivity index (χ4v) is 5.89. The smallest absolute Gasteiger partial charge is 0.311 e. The number of methoxy groups -OCH3 is 1. The first-order valence-corrected chi connectivity index (χ1v) is 9.91. The van der Waals surface area contributed by atoms with Crippen LogP contribution < -0.4 is 0 Å². The van der Waals surface area contributed by atoms with Crippen LogP contribution in [0, 0.1) is 17.8 Å². The maximum Gasteiger partial charge on any atom is 0.311 e. The monoisotopic (exact) mass is 370 g/mol. The summed E-state index contributed by atoms with van der Waals surface area (Å²) in [5.41, 5.74) is 3.34. The molecule has 1 aliphatic carbocycles. The molecule has 2 aliphatic heterocycles. The second-order valence-electron chi connectivity index (χ2n) is 8.33. The van der Waals surface area contributed by atoms with Crippen molar-refractivity contribution in [3.63, 3.8) is 0 Å². The van der Waals surface area contributed by atoms with Crippen molar-refractivity contribution < 1.29 is 19.7 Å². The van der Waals surface area contributed by atoms with Crippen LogP contribution in [0.5, 0.6) is 5.75 Å². The van der Waals surface area contributed by atoms with Gasteiger partial charge in [0.2, 0.25) is 0 Å². The van der Waals surface area contributed by atoms with Crippen LogP contribution in [-0.2, 0) is 16.0 Å². The van der Waals surface area contributed by atoms with Crippen LogP contribution in [0.4, 0.5) is 0 Å². The van der Waals surface area contributed by atoms with Gasteiger partial charge in [0.15, 0.2) is 0 Å². The first-order chi connectivity index (χ1) is 13.1. The van der Waals surface area contributed by atoms with E-state index in [4.69, 9.17) is 4.74 Å². The largest absolute Gasteiger partial charge is 0.507 e. The number of nitrogens with one attached hydrogen (secondary N) is 1. The van der Waals surface area contributed by atoms with Gasteiger partial charge in [-0.2, -0.15) is 0 Å². The minimum atomic E-state index is -0.611. The number of fused-ring (bicyclic) bond motifs is 6. The summed E-state index contributed by atoms with van der Waals surface area (Å²) in [7, 11) is 1.41. The van der Waals surface area contributed by atoms with Crippen molar-refractivity contribution in [2.45, 2.75) is 37.8 Å². The Hall–Kier alpha value is -2.05. The number of aromatic amines is 1. The van der Waals surface area contributed by atoms with Crippen LogP contribution in [0.1, 0.15) is 36.6 Å². The van der Waals surface area contributed by atoms with Crippen molar-refractivity contribution in [1.82, 2.24) is 9.88 Å². The van der Waals surface area contributed by atoms with Gasteiger partial charge < -0.3 is 19.9 Å². The maximum absolute atomic E-state index is 12.4. The van der Waals surface area contributed by atoms with Crippen LogP contribution in [0.3, 0.4) is 0 Å². The third-order valence-electron chi connectivity index (χ3n) is 7.11. The lowest BCUT2D eigenvalue weighted by atomic mass is 9.65. The number of aliphatic hydroxyl groups excluding tert-OH is 1. The molecule has 3 aliphatic rings. The number of ether oxygens (including phenoxy) is 1. The third kappa shape index (κ3) is 2.50. The first-order valence-electron chi connectivity index (χ1n) is 9.91. The van der Waals surface area contributed by atoms with E-state index in [-0.39, 0.29) is 17.9 Å². The summed E-state index contributed by atoms with van der Waals surface area (Å²) in [6.07, 6.45) is 2.78. The number of aromatic hydroxyl groups is 1. The SMILES string of the molecule is COC(=O)[C@@H]1[C@H]2C[C@H]3c4[nH]c5cccc(O)c5c4CCN3C[C@@H]2CC[C@@H]1O. The van der Waals surface area contributed by atoms with Gasteiger partial charge in [0.1, 0.15) is 5.75 Å². The lowest BCUT2D eigenvalue weighted by molar-refractivity contribution is -0.160. The Kier molecular flexibility index (Phi) is 3.95. The van der Waals surface area contributed by atoms with Gasteiger partial charge >= 0.3 is 5.97 Å². The maximum atomic E-state index is 12.4. The molecule has 0 amide bonds. The number of rotatable bonds is 1. The summed E-state index contributed by atoms with van der Waals surface area (Å²) in [5.74, 6) is 0.171. The van der Waals surface area contributed by atoms with Gasteiger partial charge in [-0.05, 0) is 55.2 Å². The summed E-state index contributed by atoms with van der Waals surface area (Å²) in [5, 5.41) is 21.8. The lowest BCUT2D eigenvalue weighted by Gasteiger charge is -2.50. The van der Waals surface area contributed by atoms with Crippen LogP contribution in [0.15, 0.2) is 18.2 Å². The van der Waals surface area contributed by atoms with Gasteiger partial charge in [0, 0.05) is 29.7 Å². The number of hydrogen-bond acceptors (Lipinski definition) is 5. The summed E-state index contributed by atoms with van der Waals surface area (Å²) in [6.45, 7) is 1.92. The predicted octanol–water partition coefficient (Wildman–Crippen LogP) is 2.35. The quantitative estimate of drug-likeness (QED) is 0.671. The molecule has 6 heteroatoms. The van der Waals surface area contributed by atoms with Gasteiger partial charge in [-0.15, -0.1) is 0 Å². The molecule has 2 aromatic rings. The molecule has 27 heavy (non-hydrogen) atoms. The number of carbonyl (C=O) groups excluding carboxylic acids is 1. The molecule has 1 aromatic heterocycles. The van der Waals surface area contributed by atoms with Crippen molar-refractivity contribution in [1.29, 1.82) is 0 Å². The molecule has 6 nitrogen and oxygen atoms in total. The Morgan fingerprint density at radius 1 is 1.33 bits per heavy atom. The number of carbonyl (C=O) groups is 1. The van der Waals surface area contributed by atoms with Crippen LogP contribution in [0.2, 0.25) is 0 Å². The molecule has 2 fully saturated rings. The minimum absolute atomic E-state index is 0.133. The van der Waals surface area contributed by atoms with E-state index in [1.807, 2.05) is 12.1 Å². The number of esters is 1. The highest BCUT2D eigenvalue weighted by molar-refractivity contribution is 5.90. The molecule has 1 saturated carbocycles. The van der Waals surface area contributed by atoms with Crippen LogP contribution in [0.25, 0.3) is 10.9 Å². The fraction of sp³-hybridized carbons (Fsp3) is 0.571. The van der Waals surface area contributed by atoms with Crippen molar-refractivity contribution in [3.05, 3.63) is 29.5 Å². The molecule has 3 N–H and O–H groups in total. The number of piperidine rings is 1. The van der Waals surface area contributed by atoms with Gasteiger partial charge in [0.05, 0.1) is 25.2 Å². The van der Waals surface area contributed by atoms with Gasteiger partial charge in [0.25, 0.3) is 0 Å². The molecular weight excluding hydrogens is 344 g/mol. The highest BCUT2D eigenvalue weighted by atomic mass is 16.5. The minimum Gasteiger partial charge on any atom is -0.507 e. The van der Waals surface area contributed by atoms with Gasteiger partial charge in [-0.25, -0.2) is 0 Å². The molecule has 0 spiro atoms. The number of H-pyrrole nitrogens is 1. The highest BCUT2D eigenvalue weighted by Crippen LogP contribution is 2.49. The standard InChI is InChI=1S/C21H26N2O4/c1-27-21(26)19-13-9-15-20-12(18-14(22-20)3-2-4-16(18)24)7-8-23(15)10-11(13)5-6-17(19)25/h2-4,11,13,15,17,19,22,24-25H,5-10H2,1H3/t11-,13-,15-,17-,19+/m0/s1. The van der Waals surface area contributed by atoms with E-state index in [1.165, 1.54) is 18.4 Å². The van der Waals surface area contributed by atoms with E-state index >= 15 is 0 Å². The number of aliphatic hydroxyl groups is 1. The van der Waals surface area contributed by atoms with Crippen molar-refractivity contribution in [3.8, 4) is 5.75 Å². The van der Waals surface area contributed by atoms with Gasteiger partial charge in [-0.1, -0.05) is 6.07 Å². The normalized spacial score (nSPS) is 33.2. The zero-order valence-electron chi connectivity index (χ0n) is 15.5. The number of phenolic OH excluding ortho intramolecular Hbond substituents is 1. The summed E-state index contributed by atoms with van der Waals surface area (Å²) in [4.78, 5) is 18.4. The molecule has 5 atom stereocenters. The van der Waals surface area contributed by atoms with E-state index < -0.39 is 12.0 Å². The van der Waals surface area contributed by atoms with Crippen molar-refractivity contribution in [2.24, 2.45) is 17.8 Å². The number of benzene rings is 1. The number of phenols is 1. The molecule has 1 saturated heterocycles. The lowest BCUT2D eigenvalue weighted by Crippen LogP contribution is -2.53. The van der Waals surface area contributed by atoms with Crippen LogP contribution in [-0.4, -0.2) is 52.4 Å². The average Bonchev–Trinajstić information content (AvgIpc) is 3.06. The van der Waals surface area contributed by atoms with Crippen molar-refractivity contribution >= 4 is 16.9 Å². The molecular formula is C21H26N2O4. The Morgan fingerprint density at radius 2 is 2.19 bits per heavy atom. The van der Waals surface area contributed by atoms with Crippen molar-refractivity contribution in [2.75, 3.05) is 20.2 Å². The topological polar surface area (TPSA) is 85.8 Å². The fourth-order valence-electron chi connectivity index (χ4n) is 5.89. The third-order valence-corrected chi connectivity index (χ3v) is 7.11. The van der Waals surface area contributed by atoms with E-state index in [9.17, 15) is 15.0 Å². The second-order valence-corrected chi connectivity index (χ2v) is 8.33. The number of nitrogens with zero attached hydrogens (tertiary/aromatic N) is 1.